The first-order chi connectivity index (χ1) is 8.84. The van der Waals surface area contributed by atoms with Crippen LogP contribution < -0.4 is 5.32 Å². The smallest absolute Gasteiger partial charge is 0.358 e. The van der Waals surface area contributed by atoms with Crippen LogP contribution in [0.4, 0.5) is 5.82 Å². The molecular weight excluding hydrogens is 270 g/mol. The van der Waals surface area contributed by atoms with E-state index < -0.39 is 21.3 Å². The first-order valence-electron chi connectivity index (χ1n) is 5.73. The van der Waals surface area contributed by atoms with Crippen molar-refractivity contribution >= 4 is 21.6 Å². The van der Waals surface area contributed by atoms with E-state index in [2.05, 4.69) is 20.0 Å². The molecule has 0 spiro atoms. The molecule has 0 aromatic carbocycles. The third-order valence-electron chi connectivity index (χ3n) is 2.98. The van der Waals surface area contributed by atoms with Crippen molar-refractivity contribution in [2.75, 3.05) is 23.9 Å². The van der Waals surface area contributed by atoms with Gasteiger partial charge in [-0.15, -0.1) is 0 Å². The van der Waals surface area contributed by atoms with E-state index in [-0.39, 0.29) is 17.2 Å². The van der Waals surface area contributed by atoms with Crippen LogP contribution in [0.15, 0.2) is 12.4 Å². The summed E-state index contributed by atoms with van der Waals surface area (Å²) in [7, 11) is -1.72. The summed E-state index contributed by atoms with van der Waals surface area (Å²) in [6, 6.07) is 0. The maximum absolute atomic E-state index is 11.5. The molecule has 7 nitrogen and oxygen atoms in total. The van der Waals surface area contributed by atoms with Gasteiger partial charge in [-0.2, -0.15) is 0 Å². The van der Waals surface area contributed by atoms with Gasteiger partial charge in [0.2, 0.25) is 0 Å². The van der Waals surface area contributed by atoms with Crippen molar-refractivity contribution < 1.29 is 17.9 Å². The molecule has 0 amide bonds. The van der Waals surface area contributed by atoms with Crippen molar-refractivity contribution in [3.8, 4) is 0 Å². The van der Waals surface area contributed by atoms with E-state index in [1.807, 2.05) is 6.92 Å². The Hall–Kier alpha value is -1.70. The van der Waals surface area contributed by atoms with Gasteiger partial charge in [0, 0.05) is 0 Å². The molecule has 0 radical (unpaired) electrons. The van der Waals surface area contributed by atoms with Gasteiger partial charge in [0.25, 0.3) is 0 Å². The molecular formula is C11H15N3O4S. The lowest BCUT2D eigenvalue weighted by atomic mass is 10.0. The number of nitrogens with zero attached hydrogens (tertiary/aromatic N) is 2. The molecule has 19 heavy (non-hydrogen) atoms. The molecule has 1 N–H and O–H groups in total. The lowest BCUT2D eigenvalue weighted by molar-refractivity contribution is 0.0593. The minimum Gasteiger partial charge on any atom is -0.464 e. The molecule has 2 rings (SSSR count). The molecule has 1 aliphatic rings. The number of anilines is 1. The van der Waals surface area contributed by atoms with Gasteiger partial charge in [0.15, 0.2) is 15.5 Å². The van der Waals surface area contributed by atoms with Gasteiger partial charge in [0.05, 0.1) is 36.5 Å². The van der Waals surface area contributed by atoms with Crippen molar-refractivity contribution in [2.24, 2.45) is 0 Å². The van der Waals surface area contributed by atoms with E-state index in [9.17, 15) is 13.2 Å². The predicted molar refractivity (Wildman–Crippen MR) is 68.7 cm³/mol. The second-order valence-corrected chi connectivity index (χ2v) is 6.99. The Balaban J connectivity index is 2.10. The molecule has 104 valence electrons. The normalized spacial score (nSPS) is 24.9. The Morgan fingerprint density at radius 1 is 1.42 bits per heavy atom. The van der Waals surface area contributed by atoms with E-state index in [1.165, 1.54) is 19.5 Å². The molecule has 1 unspecified atom stereocenters. The highest BCUT2D eigenvalue weighted by Gasteiger charge is 2.38. The largest absolute Gasteiger partial charge is 0.464 e. The Morgan fingerprint density at radius 2 is 2.16 bits per heavy atom. The Bertz CT molecular complexity index is 584. The fourth-order valence-corrected chi connectivity index (χ4v) is 4.11. The monoisotopic (exact) mass is 285 g/mol. The van der Waals surface area contributed by atoms with E-state index in [1.54, 1.807) is 0 Å². The second kappa shape index (κ2) is 4.76. The molecule has 1 fully saturated rings. The van der Waals surface area contributed by atoms with Gasteiger partial charge < -0.3 is 10.1 Å². The zero-order valence-electron chi connectivity index (χ0n) is 10.7. The summed E-state index contributed by atoms with van der Waals surface area (Å²) in [5.41, 5.74) is -0.433. The van der Waals surface area contributed by atoms with Crippen LogP contribution in [0.5, 0.6) is 0 Å². The summed E-state index contributed by atoms with van der Waals surface area (Å²) in [6.07, 6.45) is 3.21. The summed E-state index contributed by atoms with van der Waals surface area (Å²) < 4.78 is 27.5. The maximum Gasteiger partial charge on any atom is 0.358 e. The minimum absolute atomic E-state index is 0.0699. The number of carbonyl (C=O) groups is 1. The highest BCUT2D eigenvalue weighted by molar-refractivity contribution is 7.91. The maximum atomic E-state index is 11.5. The SMILES string of the molecule is COC(=O)c1cnc(NC2(C)CCS(=O)(=O)C2)cn1. The summed E-state index contributed by atoms with van der Waals surface area (Å²) >= 11 is 0. The molecule has 0 aliphatic carbocycles. The van der Waals surface area contributed by atoms with Crippen molar-refractivity contribution in [1.29, 1.82) is 0 Å². The Kier molecular flexibility index (Phi) is 3.44. The number of ether oxygens (including phenoxy) is 1. The lowest BCUT2D eigenvalue weighted by Crippen LogP contribution is -2.36. The van der Waals surface area contributed by atoms with Crippen LogP contribution in [0, 0.1) is 0 Å². The zero-order chi connectivity index (χ0) is 14.1. The number of aromatic nitrogens is 2. The molecule has 0 bridgehead atoms. The van der Waals surface area contributed by atoms with E-state index in [0.717, 1.165) is 0 Å². The minimum atomic E-state index is -2.98. The highest BCUT2D eigenvalue weighted by Crippen LogP contribution is 2.26. The molecule has 8 heteroatoms. The highest BCUT2D eigenvalue weighted by atomic mass is 32.2. The van der Waals surface area contributed by atoms with Gasteiger partial charge in [-0.1, -0.05) is 0 Å². The van der Waals surface area contributed by atoms with Crippen molar-refractivity contribution in [3.63, 3.8) is 0 Å². The fraction of sp³-hybridized carbons (Fsp3) is 0.545. The molecule has 2 heterocycles. The fourth-order valence-electron chi connectivity index (χ4n) is 2.02. The first-order valence-corrected chi connectivity index (χ1v) is 7.55. The molecule has 0 saturated carbocycles. The average molecular weight is 285 g/mol. The number of hydrogen-bond donors (Lipinski definition) is 1. The van der Waals surface area contributed by atoms with Crippen LogP contribution in [0.3, 0.4) is 0 Å². The van der Waals surface area contributed by atoms with Crippen LogP contribution in [-0.4, -0.2) is 48.5 Å². The number of methoxy groups -OCH3 is 1. The number of hydrogen-bond acceptors (Lipinski definition) is 7. The molecule has 1 saturated heterocycles. The Labute approximate surface area is 111 Å². The van der Waals surface area contributed by atoms with Gasteiger partial charge >= 0.3 is 5.97 Å². The van der Waals surface area contributed by atoms with Crippen LogP contribution in [-0.2, 0) is 14.6 Å². The van der Waals surface area contributed by atoms with Gasteiger partial charge in [0.1, 0.15) is 5.82 Å². The van der Waals surface area contributed by atoms with Crippen LogP contribution >= 0.6 is 0 Å². The molecule has 1 aromatic heterocycles. The number of sulfone groups is 1. The average Bonchev–Trinajstić information content (AvgIpc) is 2.63. The van der Waals surface area contributed by atoms with Crippen LogP contribution in [0.25, 0.3) is 0 Å². The number of rotatable bonds is 3. The zero-order valence-corrected chi connectivity index (χ0v) is 11.5. The lowest BCUT2D eigenvalue weighted by Gasteiger charge is -2.24. The standard InChI is InChI=1S/C11H15N3O4S/c1-11(3-4-19(16,17)7-11)14-9-6-12-8(5-13-9)10(15)18-2/h5-6H,3-4,7H2,1-2H3,(H,13,14). The van der Waals surface area contributed by atoms with Crippen molar-refractivity contribution in [2.45, 2.75) is 18.9 Å². The van der Waals surface area contributed by atoms with Crippen LogP contribution in [0.2, 0.25) is 0 Å². The molecule has 1 aromatic rings. The Morgan fingerprint density at radius 3 is 2.63 bits per heavy atom. The second-order valence-electron chi connectivity index (χ2n) is 4.81. The van der Waals surface area contributed by atoms with E-state index in [4.69, 9.17) is 0 Å². The van der Waals surface area contributed by atoms with Gasteiger partial charge in [-0.3, -0.25) is 0 Å². The number of esters is 1. The first kappa shape index (κ1) is 13.7. The van der Waals surface area contributed by atoms with Gasteiger partial charge in [-0.25, -0.2) is 23.2 Å². The van der Waals surface area contributed by atoms with Gasteiger partial charge in [-0.05, 0) is 13.3 Å². The molecule has 1 aliphatic heterocycles. The summed E-state index contributed by atoms with van der Waals surface area (Å²) in [5.74, 6) is 0.117. The third-order valence-corrected chi connectivity index (χ3v) is 4.88. The topological polar surface area (TPSA) is 98.2 Å². The third kappa shape index (κ3) is 3.19. The van der Waals surface area contributed by atoms with Crippen LogP contribution in [0.1, 0.15) is 23.8 Å². The number of carbonyl (C=O) groups excluding carboxylic acids is 1. The summed E-state index contributed by atoms with van der Waals surface area (Å²) in [5, 5.41) is 3.05. The molecule has 1 atom stereocenters. The summed E-state index contributed by atoms with van der Waals surface area (Å²) in [6.45, 7) is 1.83. The van der Waals surface area contributed by atoms with Crippen molar-refractivity contribution in [1.82, 2.24) is 9.97 Å². The summed E-state index contributed by atoms with van der Waals surface area (Å²) in [4.78, 5) is 19.1. The van der Waals surface area contributed by atoms with E-state index in [0.29, 0.717) is 12.2 Å². The predicted octanol–water partition coefficient (Wildman–Crippen LogP) is 0.252. The van der Waals surface area contributed by atoms with Crippen molar-refractivity contribution in [3.05, 3.63) is 18.1 Å². The van der Waals surface area contributed by atoms with E-state index >= 15 is 0 Å². The quantitative estimate of drug-likeness (QED) is 0.795. The number of nitrogens with one attached hydrogen (secondary N) is 1.